The number of para-hydroxylation sites is 2. The van der Waals surface area contributed by atoms with Crippen molar-refractivity contribution in [1.82, 2.24) is 10.2 Å². The van der Waals surface area contributed by atoms with Crippen LogP contribution < -0.4 is 15.0 Å². The third-order valence-corrected chi connectivity index (χ3v) is 4.78. The number of rotatable bonds is 3. The van der Waals surface area contributed by atoms with Gasteiger partial charge in [-0.05, 0) is 31.9 Å². The lowest BCUT2D eigenvalue weighted by atomic mass is 10.0. The van der Waals surface area contributed by atoms with Crippen LogP contribution in [0, 0.1) is 0 Å². The van der Waals surface area contributed by atoms with Gasteiger partial charge in [-0.1, -0.05) is 12.1 Å². The maximum atomic E-state index is 12.4. The molecule has 24 heavy (non-hydrogen) atoms. The number of morpholine rings is 1. The second-order valence-corrected chi connectivity index (χ2v) is 6.51. The highest BCUT2D eigenvalue weighted by atomic mass is 16.5. The fraction of sp³-hybridized carbons (Fsp3) is 0.611. The summed E-state index contributed by atoms with van der Waals surface area (Å²) in [7, 11) is 1.70. The van der Waals surface area contributed by atoms with Crippen molar-refractivity contribution in [3.63, 3.8) is 0 Å². The minimum Gasteiger partial charge on any atom is -0.495 e. The number of anilines is 1. The SMILES string of the molecule is COc1ccccc1N1CCC(NC(=O)N2CCOC(C)C2)CC1. The fourth-order valence-corrected chi connectivity index (χ4v) is 3.42. The van der Waals surface area contributed by atoms with Gasteiger partial charge in [0.1, 0.15) is 5.75 Å². The third-order valence-electron chi connectivity index (χ3n) is 4.78. The van der Waals surface area contributed by atoms with E-state index in [0.717, 1.165) is 37.4 Å². The quantitative estimate of drug-likeness (QED) is 0.920. The number of hydrogen-bond donors (Lipinski definition) is 1. The molecule has 132 valence electrons. The van der Waals surface area contributed by atoms with Crippen molar-refractivity contribution in [3.8, 4) is 5.75 Å². The number of benzene rings is 1. The molecule has 2 fully saturated rings. The molecule has 0 radical (unpaired) electrons. The Morgan fingerprint density at radius 2 is 2.00 bits per heavy atom. The van der Waals surface area contributed by atoms with Crippen LogP contribution in [-0.2, 0) is 4.74 Å². The zero-order valence-electron chi connectivity index (χ0n) is 14.5. The summed E-state index contributed by atoms with van der Waals surface area (Å²) in [4.78, 5) is 16.6. The van der Waals surface area contributed by atoms with Crippen molar-refractivity contribution in [2.75, 3.05) is 44.8 Å². The van der Waals surface area contributed by atoms with Crippen LogP contribution in [-0.4, -0.2) is 63.0 Å². The first-order valence-electron chi connectivity index (χ1n) is 8.72. The first-order chi connectivity index (χ1) is 11.7. The highest BCUT2D eigenvalue weighted by Crippen LogP contribution is 2.29. The Hall–Kier alpha value is -1.95. The Bertz CT molecular complexity index is 558. The summed E-state index contributed by atoms with van der Waals surface area (Å²) >= 11 is 0. The summed E-state index contributed by atoms with van der Waals surface area (Å²) in [5.41, 5.74) is 1.13. The monoisotopic (exact) mass is 333 g/mol. The Kier molecular flexibility index (Phi) is 5.45. The van der Waals surface area contributed by atoms with Crippen LogP contribution in [0.2, 0.25) is 0 Å². The molecule has 2 aliphatic rings. The zero-order chi connectivity index (χ0) is 16.9. The number of carbonyl (C=O) groups excluding carboxylic acids is 1. The standard InChI is InChI=1S/C18H27N3O3/c1-14-13-21(11-12-24-14)18(22)19-15-7-9-20(10-8-15)16-5-3-4-6-17(16)23-2/h3-6,14-15H,7-13H2,1-2H3,(H,19,22). The maximum absolute atomic E-state index is 12.4. The molecule has 3 rings (SSSR count). The van der Waals surface area contributed by atoms with E-state index in [1.54, 1.807) is 7.11 Å². The predicted octanol–water partition coefficient (Wildman–Crippen LogP) is 2.09. The summed E-state index contributed by atoms with van der Waals surface area (Å²) in [6, 6.07) is 8.38. The van der Waals surface area contributed by atoms with Gasteiger partial charge in [0.2, 0.25) is 0 Å². The van der Waals surface area contributed by atoms with E-state index in [4.69, 9.17) is 9.47 Å². The van der Waals surface area contributed by atoms with Crippen LogP contribution in [0.4, 0.5) is 10.5 Å². The molecule has 1 atom stereocenters. The molecule has 0 spiro atoms. The third kappa shape index (κ3) is 3.93. The summed E-state index contributed by atoms with van der Waals surface area (Å²) < 4.78 is 10.9. The van der Waals surface area contributed by atoms with Gasteiger partial charge in [-0.25, -0.2) is 4.79 Å². The summed E-state index contributed by atoms with van der Waals surface area (Å²) in [5, 5.41) is 3.18. The zero-order valence-corrected chi connectivity index (χ0v) is 14.5. The minimum absolute atomic E-state index is 0.0425. The van der Waals surface area contributed by atoms with E-state index in [9.17, 15) is 4.79 Å². The fourth-order valence-electron chi connectivity index (χ4n) is 3.42. The molecular weight excluding hydrogens is 306 g/mol. The lowest BCUT2D eigenvalue weighted by molar-refractivity contribution is -0.00397. The van der Waals surface area contributed by atoms with E-state index in [2.05, 4.69) is 16.3 Å². The number of methoxy groups -OCH3 is 1. The van der Waals surface area contributed by atoms with E-state index in [0.29, 0.717) is 19.7 Å². The van der Waals surface area contributed by atoms with E-state index in [1.807, 2.05) is 30.0 Å². The molecule has 1 aromatic carbocycles. The molecule has 2 aliphatic heterocycles. The molecule has 0 aliphatic carbocycles. The normalized spacial score (nSPS) is 22.3. The number of nitrogens with zero attached hydrogens (tertiary/aromatic N) is 2. The van der Waals surface area contributed by atoms with Gasteiger partial charge in [0.25, 0.3) is 0 Å². The van der Waals surface area contributed by atoms with Crippen LogP contribution in [0.3, 0.4) is 0 Å². The number of amides is 2. The molecule has 6 nitrogen and oxygen atoms in total. The molecule has 0 bridgehead atoms. The molecular formula is C18H27N3O3. The van der Waals surface area contributed by atoms with Crippen LogP contribution in [0.1, 0.15) is 19.8 Å². The van der Waals surface area contributed by atoms with Gasteiger partial charge in [0.05, 0.1) is 25.5 Å². The number of carbonyl (C=O) groups is 1. The first kappa shape index (κ1) is 16.9. The number of nitrogens with one attached hydrogen (secondary N) is 1. The lowest BCUT2D eigenvalue weighted by Gasteiger charge is -2.37. The van der Waals surface area contributed by atoms with Gasteiger partial charge in [0, 0.05) is 32.2 Å². The van der Waals surface area contributed by atoms with Gasteiger partial charge in [-0.2, -0.15) is 0 Å². The average Bonchev–Trinajstić information content (AvgIpc) is 2.62. The molecule has 1 N–H and O–H groups in total. The highest BCUT2D eigenvalue weighted by molar-refractivity contribution is 5.74. The molecule has 2 saturated heterocycles. The van der Waals surface area contributed by atoms with Crippen molar-refractivity contribution < 1.29 is 14.3 Å². The smallest absolute Gasteiger partial charge is 0.317 e. The number of piperidine rings is 1. The molecule has 0 saturated carbocycles. The van der Waals surface area contributed by atoms with Crippen molar-refractivity contribution in [2.24, 2.45) is 0 Å². The Morgan fingerprint density at radius 1 is 1.25 bits per heavy atom. The maximum Gasteiger partial charge on any atom is 0.317 e. The minimum atomic E-state index is 0.0425. The molecule has 2 heterocycles. The number of urea groups is 1. The van der Waals surface area contributed by atoms with E-state index >= 15 is 0 Å². The summed E-state index contributed by atoms with van der Waals surface area (Å²) in [6.07, 6.45) is 2.02. The van der Waals surface area contributed by atoms with E-state index in [1.165, 1.54) is 0 Å². The Balaban J connectivity index is 1.51. The average molecular weight is 333 g/mol. The summed E-state index contributed by atoms with van der Waals surface area (Å²) in [6.45, 7) is 5.82. The van der Waals surface area contributed by atoms with E-state index < -0.39 is 0 Å². The van der Waals surface area contributed by atoms with Crippen LogP contribution in [0.25, 0.3) is 0 Å². The van der Waals surface area contributed by atoms with Crippen LogP contribution in [0.15, 0.2) is 24.3 Å². The highest BCUT2D eigenvalue weighted by Gasteiger charge is 2.26. The molecule has 0 aromatic heterocycles. The Morgan fingerprint density at radius 3 is 2.71 bits per heavy atom. The van der Waals surface area contributed by atoms with Gasteiger partial charge >= 0.3 is 6.03 Å². The molecule has 2 amide bonds. The predicted molar refractivity (Wildman–Crippen MR) is 93.7 cm³/mol. The second kappa shape index (κ2) is 7.75. The number of hydrogen-bond acceptors (Lipinski definition) is 4. The first-order valence-corrected chi connectivity index (χ1v) is 8.72. The number of ether oxygens (including phenoxy) is 2. The van der Waals surface area contributed by atoms with Crippen LogP contribution in [0.5, 0.6) is 5.75 Å². The van der Waals surface area contributed by atoms with Crippen molar-refractivity contribution >= 4 is 11.7 Å². The molecule has 1 aromatic rings. The topological polar surface area (TPSA) is 54.0 Å². The van der Waals surface area contributed by atoms with Crippen molar-refractivity contribution in [1.29, 1.82) is 0 Å². The van der Waals surface area contributed by atoms with Crippen LogP contribution >= 0.6 is 0 Å². The second-order valence-electron chi connectivity index (χ2n) is 6.51. The Labute approximate surface area is 143 Å². The molecule has 6 heteroatoms. The van der Waals surface area contributed by atoms with Gasteiger partial charge in [0.15, 0.2) is 0 Å². The van der Waals surface area contributed by atoms with Gasteiger partial charge in [-0.3, -0.25) is 0 Å². The van der Waals surface area contributed by atoms with E-state index in [-0.39, 0.29) is 18.2 Å². The summed E-state index contributed by atoms with van der Waals surface area (Å²) in [5.74, 6) is 0.905. The molecule has 1 unspecified atom stereocenters. The lowest BCUT2D eigenvalue weighted by Crippen LogP contribution is -2.53. The van der Waals surface area contributed by atoms with Gasteiger partial charge < -0.3 is 24.6 Å². The largest absolute Gasteiger partial charge is 0.495 e. The van der Waals surface area contributed by atoms with Crippen molar-refractivity contribution in [2.45, 2.75) is 31.9 Å². The van der Waals surface area contributed by atoms with Crippen molar-refractivity contribution in [3.05, 3.63) is 24.3 Å². The van der Waals surface area contributed by atoms with Gasteiger partial charge in [-0.15, -0.1) is 0 Å².